The van der Waals surface area contributed by atoms with E-state index in [1.807, 2.05) is 0 Å². The van der Waals surface area contributed by atoms with E-state index in [0.29, 0.717) is 12.1 Å². The number of nitrogens with zero attached hydrogens (tertiary/aromatic N) is 4. The molecule has 4 rings (SSSR count). The Hall–Kier alpha value is -2.68. The number of halogens is 3. The van der Waals surface area contributed by atoms with Crippen LogP contribution in [0.5, 0.6) is 0 Å². The van der Waals surface area contributed by atoms with E-state index in [1.54, 1.807) is 4.57 Å². The number of imidazole rings is 1. The Kier molecular flexibility index (Phi) is 4.93. The van der Waals surface area contributed by atoms with Crippen LogP contribution in [-0.2, 0) is 11.3 Å². The van der Waals surface area contributed by atoms with Crippen LogP contribution in [0.2, 0.25) is 0 Å². The van der Waals surface area contributed by atoms with Gasteiger partial charge in [-0.05, 0) is 31.4 Å². The molecule has 0 spiro atoms. The largest absolute Gasteiger partial charge is 0.364 e. The highest BCUT2D eigenvalue weighted by Crippen LogP contribution is 2.27. The summed E-state index contributed by atoms with van der Waals surface area (Å²) in [6, 6.07) is 3.61. The maximum atomic E-state index is 14.0. The Balaban J connectivity index is 1.65. The third-order valence-corrected chi connectivity index (χ3v) is 4.60. The van der Waals surface area contributed by atoms with Gasteiger partial charge in [0.2, 0.25) is 0 Å². The minimum absolute atomic E-state index is 0.0764. The number of rotatable bonds is 4. The first kappa shape index (κ1) is 17.7. The predicted octanol–water partition coefficient (Wildman–Crippen LogP) is 3.94. The van der Waals surface area contributed by atoms with Crippen LogP contribution in [0, 0.1) is 17.7 Å². The molecule has 0 radical (unpaired) electrons. The average Bonchev–Trinajstić information content (AvgIpc) is 2.87. The Morgan fingerprint density at radius 3 is 2.74 bits per heavy atom. The van der Waals surface area contributed by atoms with Gasteiger partial charge >= 0.3 is 6.08 Å². The van der Waals surface area contributed by atoms with Crippen molar-refractivity contribution < 1.29 is 17.9 Å². The molecule has 1 aliphatic rings. The molecule has 0 amide bonds. The average molecular weight is 377 g/mol. The SMILES string of the molecule is Fc1nc(NCc2c(F)cccc2F)c2ncn(C3CCCCCO3)c2n1. The Morgan fingerprint density at radius 2 is 1.93 bits per heavy atom. The molecule has 0 bridgehead atoms. The molecule has 1 atom stereocenters. The number of benzene rings is 1. The van der Waals surface area contributed by atoms with Crippen LogP contribution in [-0.4, -0.2) is 26.1 Å². The quantitative estimate of drug-likeness (QED) is 0.698. The van der Waals surface area contributed by atoms with Crippen molar-refractivity contribution >= 4 is 17.0 Å². The van der Waals surface area contributed by atoms with Crippen LogP contribution in [0.4, 0.5) is 19.0 Å². The van der Waals surface area contributed by atoms with Gasteiger partial charge in [-0.3, -0.25) is 4.57 Å². The first-order chi connectivity index (χ1) is 13.1. The molecular formula is C18H18F3N5O. The first-order valence-corrected chi connectivity index (χ1v) is 8.82. The maximum Gasteiger partial charge on any atom is 0.312 e. The van der Waals surface area contributed by atoms with Crippen LogP contribution in [0.3, 0.4) is 0 Å². The van der Waals surface area contributed by atoms with E-state index in [2.05, 4.69) is 20.3 Å². The minimum Gasteiger partial charge on any atom is -0.364 e. The van der Waals surface area contributed by atoms with Crippen LogP contribution in [0.25, 0.3) is 11.2 Å². The summed E-state index contributed by atoms with van der Waals surface area (Å²) < 4.78 is 49.1. The number of hydrogen-bond acceptors (Lipinski definition) is 5. The van der Waals surface area contributed by atoms with Crippen molar-refractivity contribution in [1.82, 2.24) is 19.5 Å². The molecule has 6 nitrogen and oxygen atoms in total. The highest BCUT2D eigenvalue weighted by atomic mass is 19.1. The van der Waals surface area contributed by atoms with Crippen molar-refractivity contribution in [2.75, 3.05) is 11.9 Å². The molecule has 3 heterocycles. The number of hydrogen-bond donors (Lipinski definition) is 1. The molecule has 1 N–H and O–H groups in total. The highest BCUT2D eigenvalue weighted by molar-refractivity contribution is 5.82. The summed E-state index contributed by atoms with van der Waals surface area (Å²) in [4.78, 5) is 11.8. The van der Waals surface area contributed by atoms with Crippen LogP contribution >= 0.6 is 0 Å². The van der Waals surface area contributed by atoms with Gasteiger partial charge in [0.25, 0.3) is 0 Å². The topological polar surface area (TPSA) is 64.9 Å². The molecule has 1 saturated heterocycles. The van der Waals surface area contributed by atoms with Crippen LogP contribution in [0.15, 0.2) is 24.5 Å². The standard InChI is InChI=1S/C18H18F3N5O/c19-12-5-4-6-13(20)11(12)9-22-16-15-17(25-18(21)24-16)26(10-23-15)14-7-2-1-3-8-27-14/h4-6,10,14H,1-3,7-9H2,(H,22,24,25). The van der Waals surface area contributed by atoms with E-state index >= 15 is 0 Å². The first-order valence-electron chi connectivity index (χ1n) is 8.82. The molecule has 2 aromatic heterocycles. The third kappa shape index (κ3) is 3.59. The summed E-state index contributed by atoms with van der Waals surface area (Å²) >= 11 is 0. The monoisotopic (exact) mass is 377 g/mol. The van der Waals surface area contributed by atoms with Crippen LogP contribution in [0.1, 0.15) is 37.5 Å². The number of aromatic nitrogens is 4. The number of nitrogens with one attached hydrogen (secondary N) is 1. The lowest BCUT2D eigenvalue weighted by molar-refractivity contribution is 0.00928. The zero-order chi connectivity index (χ0) is 18.8. The molecule has 1 unspecified atom stereocenters. The summed E-state index contributed by atoms with van der Waals surface area (Å²) in [6.45, 7) is 0.423. The minimum atomic E-state index is -0.950. The molecular weight excluding hydrogens is 359 g/mol. The van der Waals surface area contributed by atoms with Gasteiger partial charge < -0.3 is 10.1 Å². The molecule has 1 aromatic carbocycles. The molecule has 9 heteroatoms. The zero-order valence-electron chi connectivity index (χ0n) is 14.5. The lowest BCUT2D eigenvalue weighted by Crippen LogP contribution is -2.13. The van der Waals surface area contributed by atoms with Gasteiger partial charge in [-0.1, -0.05) is 12.5 Å². The molecule has 3 aromatic rings. The molecule has 0 saturated carbocycles. The fourth-order valence-corrected chi connectivity index (χ4v) is 3.22. The van der Waals surface area contributed by atoms with Gasteiger partial charge in [-0.25, -0.2) is 13.8 Å². The van der Waals surface area contributed by atoms with Crippen molar-refractivity contribution in [3.8, 4) is 0 Å². The molecule has 27 heavy (non-hydrogen) atoms. The van der Waals surface area contributed by atoms with Crippen molar-refractivity contribution in [2.24, 2.45) is 0 Å². The van der Waals surface area contributed by atoms with Crippen molar-refractivity contribution in [2.45, 2.75) is 38.5 Å². The van der Waals surface area contributed by atoms with Gasteiger partial charge in [-0.15, -0.1) is 0 Å². The second-order valence-electron chi connectivity index (χ2n) is 6.39. The second-order valence-corrected chi connectivity index (χ2v) is 6.39. The summed E-state index contributed by atoms with van der Waals surface area (Å²) in [6.07, 6.45) is 4.14. The number of fused-ring (bicyclic) bond motifs is 1. The van der Waals surface area contributed by atoms with E-state index in [1.165, 1.54) is 12.4 Å². The summed E-state index contributed by atoms with van der Waals surface area (Å²) in [5, 5.41) is 2.77. The smallest absolute Gasteiger partial charge is 0.312 e. The van der Waals surface area contributed by atoms with Gasteiger partial charge in [0.15, 0.2) is 17.0 Å². The van der Waals surface area contributed by atoms with Gasteiger partial charge in [-0.2, -0.15) is 14.4 Å². The van der Waals surface area contributed by atoms with E-state index in [4.69, 9.17) is 4.74 Å². The van der Waals surface area contributed by atoms with E-state index in [9.17, 15) is 13.2 Å². The fourth-order valence-electron chi connectivity index (χ4n) is 3.22. The fraction of sp³-hybridized carbons (Fsp3) is 0.389. The second kappa shape index (κ2) is 7.51. The van der Waals surface area contributed by atoms with E-state index in [-0.39, 0.29) is 29.8 Å². The molecule has 0 aliphatic carbocycles. The van der Waals surface area contributed by atoms with E-state index < -0.39 is 17.7 Å². The normalized spacial score (nSPS) is 17.8. The zero-order valence-corrected chi connectivity index (χ0v) is 14.5. The van der Waals surface area contributed by atoms with Gasteiger partial charge in [0.1, 0.15) is 17.9 Å². The Labute approximate surface area is 153 Å². The van der Waals surface area contributed by atoms with Gasteiger partial charge in [0.05, 0.1) is 6.33 Å². The Bertz CT molecular complexity index is 933. The van der Waals surface area contributed by atoms with Crippen molar-refractivity contribution in [3.05, 3.63) is 47.8 Å². The maximum absolute atomic E-state index is 14.0. The molecule has 142 valence electrons. The molecule has 1 aliphatic heterocycles. The van der Waals surface area contributed by atoms with Crippen LogP contribution < -0.4 is 5.32 Å². The summed E-state index contributed by atoms with van der Waals surface area (Å²) in [7, 11) is 0. The van der Waals surface area contributed by atoms with Crippen molar-refractivity contribution in [1.29, 1.82) is 0 Å². The summed E-state index contributed by atoms with van der Waals surface area (Å²) in [5.74, 6) is -1.30. The van der Waals surface area contributed by atoms with Gasteiger partial charge in [0, 0.05) is 18.7 Å². The third-order valence-electron chi connectivity index (χ3n) is 4.60. The lowest BCUT2D eigenvalue weighted by atomic mass is 10.2. The Morgan fingerprint density at radius 1 is 1.11 bits per heavy atom. The predicted molar refractivity (Wildman–Crippen MR) is 92.4 cm³/mol. The number of ether oxygens (including phenoxy) is 1. The number of anilines is 1. The lowest BCUT2D eigenvalue weighted by Gasteiger charge is -2.17. The highest BCUT2D eigenvalue weighted by Gasteiger charge is 2.21. The van der Waals surface area contributed by atoms with E-state index in [0.717, 1.165) is 37.8 Å². The van der Waals surface area contributed by atoms with Crippen molar-refractivity contribution in [3.63, 3.8) is 0 Å². The molecule has 1 fully saturated rings. The summed E-state index contributed by atoms with van der Waals surface area (Å²) in [5.41, 5.74) is 0.447.